The van der Waals surface area contributed by atoms with Gasteiger partial charge >= 0.3 is 6.03 Å². The fourth-order valence-electron chi connectivity index (χ4n) is 0.735. The van der Waals surface area contributed by atoms with E-state index >= 15 is 0 Å². The summed E-state index contributed by atoms with van der Waals surface area (Å²) in [6, 6.07) is -0.415. The van der Waals surface area contributed by atoms with E-state index in [0.717, 1.165) is 12.8 Å². The van der Waals surface area contributed by atoms with Gasteiger partial charge in [0.05, 0.1) is 5.75 Å². The largest absolute Gasteiger partial charge is 0.338 e. The molecule has 6 nitrogen and oxygen atoms in total. The van der Waals surface area contributed by atoms with Crippen LogP contribution in [-0.2, 0) is 10.1 Å². The van der Waals surface area contributed by atoms with E-state index in [1.807, 2.05) is 6.92 Å². The lowest BCUT2D eigenvalue weighted by molar-refractivity contribution is 0.241. The van der Waals surface area contributed by atoms with E-state index in [2.05, 4.69) is 10.6 Å². The van der Waals surface area contributed by atoms with Gasteiger partial charge in [-0.15, -0.1) is 0 Å². The van der Waals surface area contributed by atoms with Gasteiger partial charge in [-0.25, -0.2) is 4.79 Å². The molecule has 2 amide bonds. The summed E-state index contributed by atoms with van der Waals surface area (Å²) in [5.41, 5.74) is 0. The van der Waals surface area contributed by atoms with Crippen LogP contribution in [0.15, 0.2) is 0 Å². The molecule has 0 aromatic rings. The number of amides is 2. The van der Waals surface area contributed by atoms with Crippen molar-refractivity contribution in [1.82, 2.24) is 10.6 Å². The molecule has 14 heavy (non-hydrogen) atoms. The SMILES string of the molecule is CCCCNC(=O)NCCS(=O)(=O)O. The van der Waals surface area contributed by atoms with Gasteiger partial charge in [0.15, 0.2) is 0 Å². The van der Waals surface area contributed by atoms with Gasteiger partial charge in [0.2, 0.25) is 0 Å². The number of rotatable bonds is 6. The molecule has 84 valence electrons. The summed E-state index contributed by atoms with van der Waals surface area (Å²) in [7, 11) is -3.99. The Hall–Kier alpha value is -0.820. The topological polar surface area (TPSA) is 95.5 Å². The molecule has 0 aliphatic carbocycles. The molecule has 0 aliphatic rings. The van der Waals surface area contributed by atoms with Crippen LogP contribution in [0, 0.1) is 0 Å². The van der Waals surface area contributed by atoms with Crippen molar-refractivity contribution in [3.8, 4) is 0 Å². The normalized spacial score (nSPS) is 11.0. The first-order valence-corrected chi connectivity index (χ1v) is 6.03. The first-order chi connectivity index (χ1) is 6.45. The van der Waals surface area contributed by atoms with Gasteiger partial charge in [-0.3, -0.25) is 4.55 Å². The molecule has 0 heterocycles. The molecule has 7 heteroatoms. The van der Waals surface area contributed by atoms with Crippen LogP contribution in [0.1, 0.15) is 19.8 Å². The number of hydrogen-bond donors (Lipinski definition) is 3. The van der Waals surface area contributed by atoms with E-state index in [0.29, 0.717) is 6.54 Å². The van der Waals surface area contributed by atoms with Crippen LogP contribution in [0.4, 0.5) is 4.79 Å². The molecule has 0 unspecified atom stereocenters. The lowest BCUT2D eigenvalue weighted by Crippen LogP contribution is -2.38. The van der Waals surface area contributed by atoms with Gasteiger partial charge in [0, 0.05) is 13.1 Å². The molecule has 3 N–H and O–H groups in total. The minimum atomic E-state index is -3.99. The molecule has 0 aromatic heterocycles. The van der Waals surface area contributed by atoms with Crippen LogP contribution in [0.5, 0.6) is 0 Å². The van der Waals surface area contributed by atoms with Gasteiger partial charge in [-0.05, 0) is 6.42 Å². The second-order valence-corrected chi connectivity index (χ2v) is 4.39. The fraction of sp³-hybridized carbons (Fsp3) is 0.857. The molecule has 0 aliphatic heterocycles. The number of nitrogens with one attached hydrogen (secondary N) is 2. The average molecular weight is 224 g/mol. The predicted octanol–water partition coefficient (Wildman–Crippen LogP) is -0.0265. The maximum Gasteiger partial charge on any atom is 0.314 e. The molecule has 0 bridgehead atoms. The average Bonchev–Trinajstić information content (AvgIpc) is 2.02. The summed E-state index contributed by atoms with van der Waals surface area (Å²) in [5, 5.41) is 4.85. The molecule has 0 fully saturated rings. The highest BCUT2D eigenvalue weighted by molar-refractivity contribution is 7.85. The smallest absolute Gasteiger partial charge is 0.314 e. The Morgan fingerprint density at radius 2 is 1.86 bits per heavy atom. The van der Waals surface area contributed by atoms with Gasteiger partial charge in [0.25, 0.3) is 10.1 Å². The van der Waals surface area contributed by atoms with Crippen LogP contribution >= 0.6 is 0 Å². The second-order valence-electron chi connectivity index (χ2n) is 2.82. The molecule has 0 aromatic carbocycles. The Morgan fingerprint density at radius 3 is 2.36 bits per heavy atom. The summed E-state index contributed by atoms with van der Waals surface area (Å²) in [4.78, 5) is 10.9. The molecule has 0 radical (unpaired) electrons. The van der Waals surface area contributed by atoms with Crippen molar-refractivity contribution < 1.29 is 17.8 Å². The van der Waals surface area contributed by atoms with E-state index in [4.69, 9.17) is 4.55 Å². The van der Waals surface area contributed by atoms with Crippen molar-refractivity contribution >= 4 is 16.1 Å². The Labute approximate surface area is 83.8 Å². The summed E-state index contributed by atoms with van der Waals surface area (Å²) in [5.74, 6) is -0.464. The second kappa shape index (κ2) is 6.61. The highest BCUT2D eigenvalue weighted by Crippen LogP contribution is 1.82. The Bertz CT molecular complexity index is 263. The van der Waals surface area contributed by atoms with Gasteiger partial charge in [-0.2, -0.15) is 8.42 Å². The first-order valence-electron chi connectivity index (χ1n) is 4.42. The predicted molar refractivity (Wildman–Crippen MR) is 52.7 cm³/mol. The molecule has 0 saturated heterocycles. The standard InChI is InChI=1S/C7H16N2O4S/c1-2-3-4-8-7(10)9-5-6-14(11,12)13/h2-6H2,1H3,(H2,8,9,10)(H,11,12,13). The van der Waals surface area contributed by atoms with Crippen LogP contribution in [0.3, 0.4) is 0 Å². The Balaban J connectivity index is 3.45. The third-order valence-electron chi connectivity index (χ3n) is 1.46. The maximum absolute atomic E-state index is 10.9. The highest BCUT2D eigenvalue weighted by atomic mass is 32.2. The number of unbranched alkanes of at least 4 members (excludes halogenated alkanes) is 1. The molecule has 0 atom stereocenters. The molecule has 0 rings (SSSR count). The van der Waals surface area contributed by atoms with Crippen LogP contribution in [0.2, 0.25) is 0 Å². The van der Waals surface area contributed by atoms with E-state index in [1.165, 1.54) is 0 Å². The molecular weight excluding hydrogens is 208 g/mol. The Morgan fingerprint density at radius 1 is 1.29 bits per heavy atom. The fourth-order valence-corrected chi connectivity index (χ4v) is 1.09. The summed E-state index contributed by atoms with van der Waals surface area (Å²) in [6.07, 6.45) is 1.86. The van der Waals surface area contributed by atoms with Gasteiger partial charge < -0.3 is 10.6 Å². The lowest BCUT2D eigenvalue weighted by atomic mass is 10.3. The highest BCUT2D eigenvalue weighted by Gasteiger charge is 2.05. The number of hydrogen-bond acceptors (Lipinski definition) is 3. The van der Waals surface area contributed by atoms with Crippen molar-refractivity contribution in [2.75, 3.05) is 18.8 Å². The maximum atomic E-state index is 10.9. The number of urea groups is 1. The summed E-state index contributed by atoms with van der Waals surface area (Å²) < 4.78 is 28.9. The summed E-state index contributed by atoms with van der Waals surface area (Å²) >= 11 is 0. The van der Waals surface area contributed by atoms with Crippen LogP contribution < -0.4 is 10.6 Å². The van der Waals surface area contributed by atoms with Crippen molar-refractivity contribution in [3.63, 3.8) is 0 Å². The minimum absolute atomic E-state index is 0.0865. The third-order valence-corrected chi connectivity index (χ3v) is 2.18. The summed E-state index contributed by atoms with van der Waals surface area (Å²) in [6.45, 7) is 2.48. The molecular formula is C7H16N2O4S. The molecule has 0 spiro atoms. The monoisotopic (exact) mass is 224 g/mol. The van der Waals surface area contributed by atoms with Gasteiger partial charge in [-0.1, -0.05) is 13.3 Å². The van der Waals surface area contributed by atoms with Crippen molar-refractivity contribution in [3.05, 3.63) is 0 Å². The zero-order chi connectivity index (χ0) is 11.0. The zero-order valence-corrected chi connectivity index (χ0v) is 8.93. The third kappa shape index (κ3) is 9.27. The minimum Gasteiger partial charge on any atom is -0.338 e. The van der Waals surface area contributed by atoms with Gasteiger partial charge in [0.1, 0.15) is 0 Å². The lowest BCUT2D eigenvalue weighted by Gasteiger charge is -2.05. The first kappa shape index (κ1) is 13.2. The van der Waals surface area contributed by atoms with E-state index in [-0.39, 0.29) is 6.54 Å². The molecule has 0 saturated carbocycles. The zero-order valence-electron chi connectivity index (χ0n) is 8.12. The van der Waals surface area contributed by atoms with Crippen molar-refractivity contribution in [2.45, 2.75) is 19.8 Å². The number of carbonyl (C=O) groups is 1. The van der Waals surface area contributed by atoms with Crippen molar-refractivity contribution in [2.24, 2.45) is 0 Å². The van der Waals surface area contributed by atoms with Crippen LogP contribution in [0.25, 0.3) is 0 Å². The van der Waals surface area contributed by atoms with E-state index in [9.17, 15) is 13.2 Å². The number of carbonyl (C=O) groups excluding carboxylic acids is 1. The van der Waals surface area contributed by atoms with E-state index < -0.39 is 21.9 Å². The Kier molecular flexibility index (Phi) is 6.22. The van der Waals surface area contributed by atoms with Crippen LogP contribution in [-0.4, -0.2) is 37.8 Å². The quantitative estimate of drug-likeness (QED) is 0.436. The van der Waals surface area contributed by atoms with E-state index in [1.54, 1.807) is 0 Å². The van der Waals surface area contributed by atoms with Crippen molar-refractivity contribution in [1.29, 1.82) is 0 Å².